The molecule has 0 aromatic heterocycles. The summed E-state index contributed by atoms with van der Waals surface area (Å²) < 4.78 is 24.0. The predicted molar refractivity (Wildman–Crippen MR) is 77.9 cm³/mol. The molecule has 0 heterocycles. The van der Waals surface area contributed by atoms with Gasteiger partial charge in [0, 0.05) is 13.1 Å². The molecule has 0 fully saturated rings. The van der Waals surface area contributed by atoms with E-state index in [9.17, 15) is 9.36 Å². The second-order valence-corrected chi connectivity index (χ2v) is 5.40. The molecular formula is C13H21N2O4P. The molecule has 6 nitrogen and oxygen atoms in total. The number of carbonyl (C=O) groups is 1. The number of ether oxygens (including phenoxy) is 1. The third-order valence-electron chi connectivity index (χ3n) is 2.65. The molecule has 1 rings (SSSR count). The Balaban J connectivity index is 2.74. The molecule has 2 N–H and O–H groups in total. The monoisotopic (exact) mass is 300 g/mol. The van der Waals surface area contributed by atoms with Crippen molar-refractivity contribution in [1.29, 1.82) is 0 Å². The van der Waals surface area contributed by atoms with Gasteiger partial charge in [-0.05, 0) is 26.0 Å². The van der Waals surface area contributed by atoms with Crippen LogP contribution in [-0.4, -0.2) is 36.4 Å². The van der Waals surface area contributed by atoms with Crippen LogP contribution in [-0.2, 0) is 14.1 Å². The number of carbonyl (C=O) groups excluding carboxylic acids is 1. The van der Waals surface area contributed by atoms with Crippen LogP contribution in [0.25, 0.3) is 0 Å². The van der Waals surface area contributed by atoms with Crippen LogP contribution in [0.4, 0.5) is 0 Å². The molecule has 0 amide bonds. The summed E-state index contributed by atoms with van der Waals surface area (Å²) in [6, 6.07) is 8.16. The zero-order chi connectivity index (χ0) is 15.0. The third-order valence-corrected chi connectivity index (χ3v) is 4.14. The first-order chi connectivity index (χ1) is 9.60. The van der Waals surface area contributed by atoms with Gasteiger partial charge in [0.1, 0.15) is 11.8 Å². The maximum atomic E-state index is 12.3. The first kappa shape index (κ1) is 16.7. The van der Waals surface area contributed by atoms with Crippen molar-refractivity contribution in [3.63, 3.8) is 0 Å². The van der Waals surface area contributed by atoms with Gasteiger partial charge in [0.15, 0.2) is 0 Å². The second kappa shape index (κ2) is 8.74. The molecule has 7 heteroatoms. The van der Waals surface area contributed by atoms with Crippen molar-refractivity contribution >= 4 is 14.1 Å². The minimum atomic E-state index is -2.60. The fourth-order valence-corrected chi connectivity index (χ4v) is 2.81. The first-order valence-corrected chi connectivity index (χ1v) is 7.76. The Kier molecular flexibility index (Phi) is 7.30. The van der Waals surface area contributed by atoms with Gasteiger partial charge >= 0.3 is 14.1 Å². The summed E-state index contributed by atoms with van der Waals surface area (Å²) in [5, 5.41) is 0. The van der Waals surface area contributed by atoms with Crippen LogP contribution in [0.15, 0.2) is 30.3 Å². The molecule has 0 saturated carbocycles. The number of benzene rings is 1. The van der Waals surface area contributed by atoms with Gasteiger partial charge in [0.2, 0.25) is 0 Å². The maximum absolute atomic E-state index is 12.3. The summed E-state index contributed by atoms with van der Waals surface area (Å²) in [4.78, 5) is 11.7. The maximum Gasteiger partial charge on any atom is 0.323 e. The molecule has 0 saturated heterocycles. The highest BCUT2D eigenvalue weighted by molar-refractivity contribution is 7.36. The average Bonchev–Trinajstić information content (AvgIpc) is 2.45. The van der Waals surface area contributed by atoms with Gasteiger partial charge < -0.3 is 15.0 Å². The van der Waals surface area contributed by atoms with Gasteiger partial charge in [0.05, 0.1) is 6.61 Å². The Bertz CT molecular complexity index is 441. The van der Waals surface area contributed by atoms with Gasteiger partial charge in [-0.1, -0.05) is 18.2 Å². The zero-order valence-electron chi connectivity index (χ0n) is 11.7. The van der Waals surface area contributed by atoms with E-state index in [1.165, 1.54) is 4.67 Å². The molecule has 1 unspecified atom stereocenters. The summed E-state index contributed by atoms with van der Waals surface area (Å²) in [5.74, 6) is 0.0606. The predicted octanol–water partition coefficient (Wildman–Crippen LogP) is 1.67. The topological polar surface area (TPSA) is 81.9 Å². The zero-order valence-corrected chi connectivity index (χ0v) is 12.7. The molecular weight excluding hydrogens is 279 g/mol. The van der Waals surface area contributed by atoms with Crippen molar-refractivity contribution in [2.24, 2.45) is 5.73 Å². The van der Waals surface area contributed by atoms with E-state index in [1.807, 2.05) is 6.07 Å². The van der Waals surface area contributed by atoms with Crippen LogP contribution in [0, 0.1) is 0 Å². The summed E-state index contributed by atoms with van der Waals surface area (Å²) in [6.07, 6.45) is 0. The lowest BCUT2D eigenvalue weighted by atomic mass is 10.3. The van der Waals surface area contributed by atoms with Crippen molar-refractivity contribution in [1.82, 2.24) is 4.67 Å². The van der Waals surface area contributed by atoms with E-state index in [-0.39, 0.29) is 13.2 Å². The van der Waals surface area contributed by atoms with Crippen LogP contribution in [0.1, 0.15) is 13.8 Å². The van der Waals surface area contributed by atoms with Crippen LogP contribution in [0.5, 0.6) is 5.75 Å². The van der Waals surface area contributed by atoms with Crippen LogP contribution >= 0.6 is 8.18 Å². The molecule has 0 bridgehead atoms. The highest BCUT2D eigenvalue weighted by Gasteiger charge is 2.27. The number of hydrogen-bond donors (Lipinski definition) is 1. The average molecular weight is 300 g/mol. The summed E-state index contributed by atoms with van der Waals surface area (Å²) in [6.45, 7) is 4.20. The largest absolute Gasteiger partial charge is 0.465 e. The molecule has 0 aliphatic rings. The fraction of sp³-hybridized carbons (Fsp3) is 0.462. The standard InChI is InChI=1S/C13H21N2O4P/c1-3-18-13(16)11(2)15(10-9-14)20(17)19-12-7-5-4-6-8-12/h4-8,11,20H,3,9-10,14H2,1-2H3/t11-/m0/s1. The van der Waals surface area contributed by atoms with Crippen LogP contribution in [0.3, 0.4) is 0 Å². The van der Waals surface area contributed by atoms with Gasteiger partial charge in [-0.2, -0.15) is 0 Å². The van der Waals surface area contributed by atoms with E-state index in [0.29, 0.717) is 12.3 Å². The lowest BCUT2D eigenvalue weighted by Crippen LogP contribution is -2.38. The molecule has 112 valence electrons. The van der Waals surface area contributed by atoms with Crippen LogP contribution in [0.2, 0.25) is 0 Å². The normalized spacial score (nSPS) is 13.8. The van der Waals surface area contributed by atoms with E-state index >= 15 is 0 Å². The first-order valence-electron chi connectivity index (χ1n) is 6.50. The third kappa shape index (κ3) is 4.96. The molecule has 2 atom stereocenters. The van der Waals surface area contributed by atoms with Gasteiger partial charge in [-0.15, -0.1) is 0 Å². The van der Waals surface area contributed by atoms with Crippen LogP contribution < -0.4 is 10.3 Å². The van der Waals surface area contributed by atoms with Gasteiger partial charge in [-0.25, -0.2) is 4.67 Å². The second-order valence-electron chi connectivity index (χ2n) is 4.09. The minimum absolute atomic E-state index is 0.276. The highest BCUT2D eigenvalue weighted by atomic mass is 31.1. The van der Waals surface area contributed by atoms with E-state index in [2.05, 4.69) is 0 Å². The summed E-state index contributed by atoms with van der Waals surface area (Å²) in [5.41, 5.74) is 5.50. The number of esters is 1. The number of hydrogen-bond acceptors (Lipinski definition) is 5. The minimum Gasteiger partial charge on any atom is -0.465 e. The lowest BCUT2D eigenvalue weighted by Gasteiger charge is -2.25. The van der Waals surface area contributed by atoms with Crippen molar-refractivity contribution in [2.75, 3.05) is 19.7 Å². The molecule has 1 aromatic rings. The quantitative estimate of drug-likeness (QED) is 0.581. The fourth-order valence-electron chi connectivity index (χ4n) is 1.62. The van der Waals surface area contributed by atoms with Gasteiger partial charge in [0.25, 0.3) is 0 Å². The Hall–Kier alpha value is -1.36. The number of nitrogens with two attached hydrogens (primary N) is 1. The number of rotatable bonds is 8. The number of nitrogens with zero attached hydrogens (tertiary/aromatic N) is 1. The van der Waals surface area contributed by atoms with E-state index < -0.39 is 20.2 Å². The van der Waals surface area contributed by atoms with E-state index in [4.69, 9.17) is 15.0 Å². The van der Waals surface area contributed by atoms with E-state index in [1.54, 1.807) is 38.1 Å². The van der Waals surface area contributed by atoms with Crippen molar-refractivity contribution in [2.45, 2.75) is 19.9 Å². The van der Waals surface area contributed by atoms with Gasteiger partial charge in [-0.3, -0.25) is 9.36 Å². The molecule has 0 radical (unpaired) electrons. The smallest absolute Gasteiger partial charge is 0.323 e. The Morgan fingerprint density at radius 3 is 2.60 bits per heavy atom. The molecule has 20 heavy (non-hydrogen) atoms. The molecule has 0 aliphatic heterocycles. The van der Waals surface area contributed by atoms with Crippen molar-refractivity contribution < 1.29 is 18.6 Å². The molecule has 0 aliphatic carbocycles. The summed E-state index contributed by atoms with van der Waals surface area (Å²) in [7, 11) is -2.60. The van der Waals surface area contributed by atoms with Crippen molar-refractivity contribution in [3.05, 3.63) is 30.3 Å². The summed E-state index contributed by atoms with van der Waals surface area (Å²) >= 11 is 0. The molecule has 0 spiro atoms. The van der Waals surface area contributed by atoms with Crippen molar-refractivity contribution in [3.8, 4) is 5.75 Å². The highest BCUT2D eigenvalue weighted by Crippen LogP contribution is 2.32. The lowest BCUT2D eigenvalue weighted by molar-refractivity contribution is -0.147. The Morgan fingerprint density at radius 1 is 1.40 bits per heavy atom. The number of para-hydroxylation sites is 1. The molecule has 1 aromatic carbocycles. The SMILES string of the molecule is CCOC(=O)[C@H](C)N(CCN)[PH](=O)Oc1ccccc1. The Labute approximate surface area is 119 Å². The van der Waals surface area contributed by atoms with E-state index in [0.717, 1.165) is 0 Å². The Morgan fingerprint density at radius 2 is 2.05 bits per heavy atom.